The zero-order valence-corrected chi connectivity index (χ0v) is 28.9. The van der Waals surface area contributed by atoms with Crippen molar-refractivity contribution in [1.82, 2.24) is 31.6 Å². The maximum atomic E-state index is 13.5. The molecule has 17 nitrogen and oxygen atoms in total. The molecule has 5 atom stereocenters. The van der Waals surface area contributed by atoms with E-state index in [-0.39, 0.29) is 12.8 Å². The molecular weight excluding hydrogens is 650 g/mol. The second-order valence-electron chi connectivity index (χ2n) is 12.8. The number of para-hydroxylation sites is 1. The monoisotopic (exact) mass is 701 g/mol. The predicted molar refractivity (Wildman–Crippen MR) is 185 cm³/mol. The molecule has 1 heterocycles. The summed E-state index contributed by atoms with van der Waals surface area (Å²) in [5.74, 6) is -7.01. The summed E-state index contributed by atoms with van der Waals surface area (Å²) in [5, 5.41) is 22.7. The number of H-pyrrole nitrogens is 1. The van der Waals surface area contributed by atoms with Gasteiger partial charge >= 0.3 is 5.97 Å². The topological polar surface area (TPSA) is 294 Å². The SMILES string of the molecule is CC(C)[C@H](NC(=O)[C@H](CC(N)=O)NC(=O)[C@@H](NC(=O)[C@H](CCCCN)NC(=O)CNC(=O)[C@@H](N)Cc1c[nH]c2ccccc12)C(C)C)C(=O)O. The minimum atomic E-state index is -1.52. The largest absolute Gasteiger partial charge is 0.480 e. The standard InChI is InChI=1S/C33H51N9O8/c1-17(2)27(32(48)40-24(14-25(36)43)31(47)42-28(18(3)4)33(49)50)41-30(46)23(11-7-8-12-34)39-26(44)16-38-29(45)21(35)13-19-15-37-22-10-6-5-9-20(19)22/h5-6,9-10,15,17-18,21,23-24,27-28,37H,7-8,11-14,16,34-35H2,1-4H3,(H2,36,43)(H,38,45)(H,39,44)(H,40,48)(H,41,46)(H,42,47)(H,49,50)/t21-,23-,24-,27-,28-/m0/s1. The van der Waals surface area contributed by atoms with Crippen LogP contribution in [-0.4, -0.2) is 94.8 Å². The number of carbonyl (C=O) groups excluding carboxylic acids is 6. The fourth-order valence-electron chi connectivity index (χ4n) is 5.16. The molecular formula is C33H51N9O8. The normalized spacial score (nSPS) is 14.2. The highest BCUT2D eigenvalue weighted by atomic mass is 16.4. The van der Waals surface area contributed by atoms with Gasteiger partial charge in [0, 0.05) is 17.1 Å². The van der Waals surface area contributed by atoms with Crippen LogP contribution < -0.4 is 43.8 Å². The molecule has 0 saturated heterocycles. The lowest BCUT2D eigenvalue weighted by atomic mass is 10.0. The van der Waals surface area contributed by atoms with Crippen molar-refractivity contribution in [2.45, 2.75) is 90.0 Å². The molecule has 0 radical (unpaired) electrons. The third-order valence-corrected chi connectivity index (χ3v) is 7.99. The molecule has 0 unspecified atom stereocenters. The van der Waals surface area contributed by atoms with E-state index in [4.69, 9.17) is 17.2 Å². The third kappa shape index (κ3) is 12.8. The lowest BCUT2D eigenvalue weighted by molar-refractivity contribution is -0.143. The molecule has 50 heavy (non-hydrogen) atoms. The number of aliphatic carboxylic acids is 1. The summed E-state index contributed by atoms with van der Waals surface area (Å²) in [7, 11) is 0. The van der Waals surface area contributed by atoms with Crippen molar-refractivity contribution in [1.29, 1.82) is 0 Å². The van der Waals surface area contributed by atoms with Gasteiger partial charge in [-0.05, 0) is 55.7 Å². The average molecular weight is 702 g/mol. The van der Waals surface area contributed by atoms with Crippen molar-refractivity contribution < 1.29 is 38.7 Å². The molecule has 0 aliphatic carbocycles. The van der Waals surface area contributed by atoms with E-state index in [9.17, 15) is 38.7 Å². The van der Waals surface area contributed by atoms with Gasteiger partial charge in [0.1, 0.15) is 24.2 Å². The fourth-order valence-corrected chi connectivity index (χ4v) is 5.16. The van der Waals surface area contributed by atoms with Crippen LogP contribution in [-0.2, 0) is 40.0 Å². The highest BCUT2D eigenvalue weighted by Gasteiger charge is 2.34. The van der Waals surface area contributed by atoms with E-state index in [0.29, 0.717) is 19.4 Å². The van der Waals surface area contributed by atoms with Crippen molar-refractivity contribution in [2.75, 3.05) is 13.1 Å². The molecule has 0 fully saturated rings. The first kappa shape index (κ1) is 41.1. The van der Waals surface area contributed by atoms with E-state index in [1.165, 1.54) is 0 Å². The Hall–Kier alpha value is -5.03. The number of nitrogens with two attached hydrogens (primary N) is 3. The van der Waals surface area contributed by atoms with Crippen LogP contribution in [0.3, 0.4) is 0 Å². The number of rotatable bonds is 21. The number of carbonyl (C=O) groups is 7. The molecule has 0 bridgehead atoms. The van der Waals surface area contributed by atoms with Gasteiger partial charge in [-0.3, -0.25) is 28.8 Å². The van der Waals surface area contributed by atoms with Gasteiger partial charge in [0.05, 0.1) is 19.0 Å². The summed E-state index contributed by atoms with van der Waals surface area (Å²) in [5.41, 5.74) is 18.7. The fraction of sp³-hybridized carbons (Fsp3) is 0.545. The maximum absolute atomic E-state index is 13.5. The number of hydrogen-bond acceptors (Lipinski definition) is 9. The Balaban J connectivity index is 2.08. The highest BCUT2D eigenvalue weighted by molar-refractivity contribution is 5.97. The number of nitrogens with one attached hydrogen (secondary N) is 6. The summed E-state index contributed by atoms with van der Waals surface area (Å²) in [4.78, 5) is 91.8. The number of carboxylic acid groups (broad SMARTS) is 1. The number of aromatic amines is 1. The van der Waals surface area contributed by atoms with Gasteiger partial charge in [0.25, 0.3) is 0 Å². The lowest BCUT2D eigenvalue weighted by Crippen LogP contribution is -2.60. The van der Waals surface area contributed by atoms with E-state index in [0.717, 1.165) is 16.5 Å². The first-order chi connectivity index (χ1) is 23.5. The minimum Gasteiger partial charge on any atom is -0.480 e. The van der Waals surface area contributed by atoms with Gasteiger partial charge in [-0.1, -0.05) is 45.9 Å². The number of carboxylic acids is 1. The second-order valence-corrected chi connectivity index (χ2v) is 12.8. The molecule has 0 aliphatic rings. The van der Waals surface area contributed by atoms with Gasteiger partial charge < -0.3 is 53.9 Å². The number of fused-ring (bicyclic) bond motifs is 1. The van der Waals surface area contributed by atoms with Crippen LogP contribution in [0.4, 0.5) is 0 Å². The van der Waals surface area contributed by atoms with Crippen molar-refractivity contribution in [3.05, 3.63) is 36.0 Å². The molecule has 0 spiro atoms. The van der Waals surface area contributed by atoms with E-state index in [1.54, 1.807) is 33.9 Å². The zero-order valence-electron chi connectivity index (χ0n) is 28.9. The van der Waals surface area contributed by atoms with Crippen molar-refractivity contribution in [2.24, 2.45) is 29.0 Å². The minimum absolute atomic E-state index is 0.160. The Morgan fingerprint density at radius 1 is 0.800 bits per heavy atom. The van der Waals surface area contributed by atoms with Gasteiger partial charge in [0.15, 0.2) is 0 Å². The Morgan fingerprint density at radius 3 is 2.02 bits per heavy atom. The second kappa shape index (κ2) is 19.8. The number of amides is 6. The number of benzene rings is 1. The zero-order chi connectivity index (χ0) is 37.5. The number of hydrogen-bond donors (Lipinski definition) is 10. The van der Waals surface area contributed by atoms with Crippen LogP contribution in [0.15, 0.2) is 30.5 Å². The predicted octanol–water partition coefficient (Wildman–Crippen LogP) is -1.51. The molecule has 1 aromatic heterocycles. The smallest absolute Gasteiger partial charge is 0.326 e. The van der Waals surface area contributed by atoms with Crippen LogP contribution >= 0.6 is 0 Å². The number of unbranched alkanes of at least 4 members (excludes halogenated alkanes) is 1. The van der Waals surface area contributed by atoms with E-state index >= 15 is 0 Å². The summed E-state index contributed by atoms with van der Waals surface area (Å²) in [6, 6.07) is 1.44. The molecule has 6 amide bonds. The molecule has 2 aromatic rings. The quantitative estimate of drug-likeness (QED) is 0.0672. The molecule has 276 valence electrons. The highest BCUT2D eigenvalue weighted by Crippen LogP contribution is 2.18. The van der Waals surface area contributed by atoms with Crippen LogP contribution in [0, 0.1) is 11.8 Å². The van der Waals surface area contributed by atoms with Gasteiger partial charge in [-0.25, -0.2) is 4.79 Å². The van der Waals surface area contributed by atoms with E-state index in [2.05, 4.69) is 31.6 Å². The van der Waals surface area contributed by atoms with Crippen LogP contribution in [0.25, 0.3) is 10.9 Å². The molecule has 17 heteroatoms. The van der Waals surface area contributed by atoms with Crippen molar-refractivity contribution >= 4 is 52.3 Å². The van der Waals surface area contributed by atoms with Gasteiger partial charge in [0.2, 0.25) is 35.4 Å². The summed E-state index contributed by atoms with van der Waals surface area (Å²) in [6.07, 6.45) is 2.53. The van der Waals surface area contributed by atoms with Crippen molar-refractivity contribution in [3.63, 3.8) is 0 Å². The summed E-state index contributed by atoms with van der Waals surface area (Å²) in [6.45, 7) is 6.28. The first-order valence-corrected chi connectivity index (χ1v) is 16.6. The molecule has 1 aromatic carbocycles. The average Bonchev–Trinajstić information content (AvgIpc) is 3.45. The van der Waals surface area contributed by atoms with Crippen molar-refractivity contribution in [3.8, 4) is 0 Å². The lowest BCUT2D eigenvalue weighted by Gasteiger charge is -2.28. The third-order valence-electron chi connectivity index (χ3n) is 7.99. The van der Waals surface area contributed by atoms with Crippen LogP contribution in [0.1, 0.15) is 58.9 Å². The summed E-state index contributed by atoms with van der Waals surface area (Å²) >= 11 is 0. The Labute approximate surface area is 290 Å². The summed E-state index contributed by atoms with van der Waals surface area (Å²) < 4.78 is 0. The first-order valence-electron chi connectivity index (χ1n) is 16.6. The molecule has 0 saturated carbocycles. The maximum Gasteiger partial charge on any atom is 0.326 e. The Morgan fingerprint density at radius 2 is 1.42 bits per heavy atom. The molecule has 0 aliphatic heterocycles. The number of primary amides is 1. The number of aromatic nitrogens is 1. The molecule has 13 N–H and O–H groups in total. The van der Waals surface area contributed by atoms with Gasteiger partial charge in [-0.15, -0.1) is 0 Å². The Bertz CT molecular complexity index is 1510. The van der Waals surface area contributed by atoms with E-state index < -0.39 is 96.4 Å². The van der Waals surface area contributed by atoms with E-state index in [1.807, 2.05) is 24.3 Å². The van der Waals surface area contributed by atoms with Crippen LogP contribution in [0.2, 0.25) is 0 Å². The molecule has 2 rings (SSSR count). The van der Waals surface area contributed by atoms with Crippen LogP contribution in [0.5, 0.6) is 0 Å². The van der Waals surface area contributed by atoms with Gasteiger partial charge in [-0.2, -0.15) is 0 Å². The Kier molecular flexibility index (Phi) is 16.3.